The average molecular weight is 515 g/mol. The quantitative estimate of drug-likeness (QED) is 0.298. The van der Waals surface area contributed by atoms with Gasteiger partial charge < -0.3 is 18.8 Å². The van der Waals surface area contributed by atoms with Crippen LogP contribution in [0.25, 0.3) is 33.9 Å². The van der Waals surface area contributed by atoms with Crippen molar-refractivity contribution < 1.29 is 18.6 Å². The smallest absolute Gasteiger partial charge is 0.202 e. The lowest BCUT2D eigenvalue weighted by Crippen LogP contribution is -2.09. The van der Waals surface area contributed by atoms with Gasteiger partial charge in [0, 0.05) is 30.4 Å². The first-order chi connectivity index (χ1) is 18.6. The van der Waals surface area contributed by atoms with Gasteiger partial charge in [-0.3, -0.25) is 0 Å². The molecule has 0 spiro atoms. The summed E-state index contributed by atoms with van der Waals surface area (Å²) < 4.78 is 36.1. The normalized spacial score (nSPS) is 13.1. The number of hydrogen-bond donors (Lipinski definition) is 0. The third kappa shape index (κ3) is 4.53. The predicted octanol–water partition coefficient (Wildman–Crippen LogP) is 5.12. The number of aryl methyl sites for hydroxylation is 1. The van der Waals surface area contributed by atoms with Crippen LogP contribution in [0.4, 0.5) is 4.39 Å². The summed E-state index contributed by atoms with van der Waals surface area (Å²) in [6.07, 6.45) is 5.03. The molecule has 38 heavy (non-hydrogen) atoms. The lowest BCUT2D eigenvalue weighted by atomic mass is 10.2. The summed E-state index contributed by atoms with van der Waals surface area (Å²) in [4.78, 5) is 13.5. The van der Waals surface area contributed by atoms with Crippen LogP contribution >= 0.6 is 0 Å². The van der Waals surface area contributed by atoms with Gasteiger partial charge in [0.1, 0.15) is 40.6 Å². The zero-order valence-corrected chi connectivity index (χ0v) is 21.2. The summed E-state index contributed by atoms with van der Waals surface area (Å²) in [5.41, 5.74) is 3.31. The Bertz CT molecular complexity index is 1590. The third-order valence-corrected chi connectivity index (χ3v) is 6.48. The van der Waals surface area contributed by atoms with E-state index in [1.54, 1.807) is 24.3 Å². The van der Waals surface area contributed by atoms with Gasteiger partial charge in [-0.25, -0.2) is 24.0 Å². The van der Waals surface area contributed by atoms with Crippen molar-refractivity contribution in [1.29, 1.82) is 0 Å². The first-order valence-corrected chi connectivity index (χ1v) is 12.6. The van der Waals surface area contributed by atoms with Gasteiger partial charge in [0.05, 0.1) is 32.4 Å². The number of imidazole rings is 1. The van der Waals surface area contributed by atoms with Gasteiger partial charge >= 0.3 is 0 Å². The number of ether oxygens (including phenoxy) is 3. The highest BCUT2D eigenvalue weighted by Crippen LogP contribution is 2.36. The highest BCUT2D eigenvalue weighted by molar-refractivity contribution is 5.87. The molecule has 1 aliphatic rings. The van der Waals surface area contributed by atoms with Gasteiger partial charge in [0.2, 0.25) is 5.82 Å². The molecule has 194 valence electrons. The van der Waals surface area contributed by atoms with E-state index >= 15 is 4.39 Å². The molecule has 4 heterocycles. The zero-order valence-electron chi connectivity index (χ0n) is 21.2. The van der Waals surface area contributed by atoms with E-state index in [2.05, 4.69) is 19.6 Å². The number of hydrogen-bond acceptors (Lipinski definition) is 7. The lowest BCUT2D eigenvalue weighted by Gasteiger charge is -2.17. The highest BCUT2D eigenvalue weighted by Gasteiger charge is 2.22. The summed E-state index contributed by atoms with van der Waals surface area (Å²) in [5, 5.41) is 4.44. The largest absolute Gasteiger partial charge is 0.497 e. The molecular weight excluding hydrogens is 487 g/mol. The molecule has 9 nitrogen and oxygen atoms in total. The minimum atomic E-state index is -0.512. The molecule has 0 fully saturated rings. The van der Waals surface area contributed by atoms with Crippen LogP contribution in [0, 0.1) is 5.82 Å². The SMILES string of the molecule is CCOc1cc2c3c(c1)nc(-c1cnc(-c4ncn(Cc5ccc(OC)cc5)n4)c(F)c1)n3CCCCO2. The molecule has 0 unspecified atom stereocenters. The second kappa shape index (κ2) is 10.1. The Morgan fingerprint density at radius 3 is 2.71 bits per heavy atom. The van der Waals surface area contributed by atoms with Gasteiger partial charge in [-0.2, -0.15) is 0 Å². The average Bonchev–Trinajstić information content (AvgIpc) is 3.52. The van der Waals surface area contributed by atoms with Gasteiger partial charge in [0.25, 0.3) is 0 Å². The topological polar surface area (TPSA) is 89.1 Å². The lowest BCUT2D eigenvalue weighted by molar-refractivity contribution is 0.294. The van der Waals surface area contributed by atoms with Crippen LogP contribution in [-0.2, 0) is 13.1 Å². The predicted molar refractivity (Wildman–Crippen MR) is 140 cm³/mol. The van der Waals surface area contributed by atoms with Crippen LogP contribution in [-0.4, -0.2) is 49.6 Å². The van der Waals surface area contributed by atoms with Gasteiger partial charge in [-0.15, -0.1) is 5.10 Å². The van der Waals surface area contributed by atoms with Crippen LogP contribution in [0.2, 0.25) is 0 Å². The zero-order chi connectivity index (χ0) is 26.1. The van der Waals surface area contributed by atoms with Crippen LogP contribution in [0.1, 0.15) is 25.3 Å². The first-order valence-electron chi connectivity index (χ1n) is 12.6. The van der Waals surface area contributed by atoms with Crippen molar-refractivity contribution in [2.24, 2.45) is 0 Å². The van der Waals surface area contributed by atoms with Gasteiger partial charge in [-0.05, 0) is 43.5 Å². The van der Waals surface area contributed by atoms with Crippen molar-refractivity contribution in [3.05, 3.63) is 66.4 Å². The maximum Gasteiger partial charge on any atom is 0.202 e. The van der Waals surface area contributed by atoms with Crippen molar-refractivity contribution >= 4 is 11.0 Å². The molecule has 3 aromatic heterocycles. The van der Waals surface area contributed by atoms with Crippen LogP contribution in [0.3, 0.4) is 0 Å². The minimum Gasteiger partial charge on any atom is -0.497 e. The van der Waals surface area contributed by atoms with Crippen molar-refractivity contribution in [1.82, 2.24) is 29.3 Å². The van der Waals surface area contributed by atoms with E-state index in [1.165, 1.54) is 6.07 Å². The Morgan fingerprint density at radius 2 is 1.92 bits per heavy atom. The molecule has 10 heteroatoms. The van der Waals surface area contributed by atoms with Crippen molar-refractivity contribution in [3.8, 4) is 40.2 Å². The van der Waals surface area contributed by atoms with E-state index in [9.17, 15) is 0 Å². The fourth-order valence-electron chi connectivity index (χ4n) is 4.68. The standard InChI is InChI=1S/C28H27FN6O3/c1-3-37-21-13-23-26-24(14-21)38-11-5-4-10-35(26)28(32-23)19-12-22(29)25(30-15-19)27-31-17-34(33-27)16-18-6-8-20(36-2)9-7-18/h6-9,12-15,17H,3-5,10-11,16H2,1-2H3. The van der Waals surface area contributed by atoms with Crippen LogP contribution in [0.15, 0.2) is 55.0 Å². The number of benzene rings is 2. The number of nitrogens with zero attached hydrogens (tertiary/aromatic N) is 6. The minimum absolute atomic E-state index is 0.0914. The molecule has 0 N–H and O–H groups in total. The van der Waals surface area contributed by atoms with E-state index in [0.29, 0.717) is 36.9 Å². The Kier molecular flexibility index (Phi) is 6.36. The monoisotopic (exact) mass is 514 g/mol. The molecule has 0 atom stereocenters. The summed E-state index contributed by atoms with van der Waals surface area (Å²) in [5.74, 6) is 2.55. The number of aromatic nitrogens is 6. The molecule has 0 aliphatic carbocycles. The maximum absolute atomic E-state index is 15.4. The van der Waals surface area contributed by atoms with Crippen molar-refractivity contribution in [2.45, 2.75) is 32.9 Å². The molecule has 0 bridgehead atoms. The Balaban J connectivity index is 1.32. The van der Waals surface area contributed by atoms with Gasteiger partial charge in [0.15, 0.2) is 5.82 Å². The molecule has 1 aliphatic heterocycles. The molecule has 0 saturated carbocycles. The van der Waals surface area contributed by atoms with Crippen molar-refractivity contribution in [3.63, 3.8) is 0 Å². The summed E-state index contributed by atoms with van der Waals surface area (Å²) in [6.45, 7) is 4.35. The fourth-order valence-corrected chi connectivity index (χ4v) is 4.68. The second-order valence-corrected chi connectivity index (χ2v) is 9.03. The van der Waals surface area contributed by atoms with E-state index in [0.717, 1.165) is 47.5 Å². The molecule has 6 rings (SSSR count). The molecule has 0 radical (unpaired) electrons. The summed E-state index contributed by atoms with van der Waals surface area (Å²) in [7, 11) is 1.63. The van der Waals surface area contributed by atoms with E-state index in [4.69, 9.17) is 19.2 Å². The first kappa shape index (κ1) is 23.9. The molecule has 0 amide bonds. The van der Waals surface area contributed by atoms with Crippen LogP contribution in [0.5, 0.6) is 17.2 Å². The number of rotatable bonds is 7. The third-order valence-electron chi connectivity index (χ3n) is 6.48. The Hall–Kier alpha value is -4.47. The van der Waals surface area contributed by atoms with E-state index in [1.807, 2.05) is 43.3 Å². The maximum atomic E-state index is 15.4. The highest BCUT2D eigenvalue weighted by atomic mass is 19.1. The second-order valence-electron chi connectivity index (χ2n) is 9.03. The number of methoxy groups -OCH3 is 1. The van der Waals surface area contributed by atoms with Crippen molar-refractivity contribution in [2.75, 3.05) is 20.3 Å². The summed E-state index contributed by atoms with van der Waals surface area (Å²) in [6, 6.07) is 12.9. The van der Waals surface area contributed by atoms with E-state index in [-0.39, 0.29) is 11.5 Å². The van der Waals surface area contributed by atoms with E-state index < -0.39 is 5.82 Å². The molecule has 0 saturated heterocycles. The number of pyridine rings is 1. The number of halogens is 1. The summed E-state index contributed by atoms with van der Waals surface area (Å²) >= 11 is 0. The van der Waals surface area contributed by atoms with Crippen LogP contribution < -0.4 is 14.2 Å². The Morgan fingerprint density at radius 1 is 1.05 bits per heavy atom. The van der Waals surface area contributed by atoms with Gasteiger partial charge in [-0.1, -0.05) is 12.1 Å². The molecule has 2 aromatic carbocycles. The fraction of sp³-hybridized carbons (Fsp3) is 0.286. The molecule has 5 aromatic rings. The molecular formula is C28H27FN6O3. The Labute approximate surface area is 218 Å².